The Morgan fingerprint density at radius 1 is 1.10 bits per heavy atom. The molecule has 0 saturated heterocycles. The maximum Gasteiger partial charge on any atom is 0.258 e. The summed E-state index contributed by atoms with van der Waals surface area (Å²) in [7, 11) is 0. The van der Waals surface area contributed by atoms with Crippen molar-refractivity contribution in [2.24, 2.45) is 5.73 Å². The van der Waals surface area contributed by atoms with Crippen molar-refractivity contribution in [3.63, 3.8) is 0 Å². The van der Waals surface area contributed by atoms with Crippen LogP contribution in [0.15, 0.2) is 53.3 Å². The standard InChI is InChI=1S/C16H13N3O2/c17-15(20)11-6-2-1-5-10(11)9-14-18-13-8-4-3-7-12(13)16(21)19-14/h1-8H,9H2,(H2,17,20)(H,18,19,21). The summed E-state index contributed by atoms with van der Waals surface area (Å²) in [6, 6.07) is 14.2. The molecule has 0 aliphatic heterocycles. The van der Waals surface area contributed by atoms with Crippen LogP contribution in [0, 0.1) is 0 Å². The number of amides is 1. The molecule has 1 amide bonds. The van der Waals surface area contributed by atoms with E-state index in [4.69, 9.17) is 5.73 Å². The van der Waals surface area contributed by atoms with Crippen LogP contribution in [0.3, 0.4) is 0 Å². The van der Waals surface area contributed by atoms with Gasteiger partial charge in [0, 0.05) is 12.0 Å². The van der Waals surface area contributed by atoms with Crippen LogP contribution in [0.5, 0.6) is 0 Å². The van der Waals surface area contributed by atoms with Crippen molar-refractivity contribution in [1.29, 1.82) is 0 Å². The van der Waals surface area contributed by atoms with Gasteiger partial charge in [-0.15, -0.1) is 0 Å². The number of carbonyl (C=O) groups excluding carboxylic acids is 1. The number of aromatic amines is 1. The van der Waals surface area contributed by atoms with E-state index in [0.717, 1.165) is 5.56 Å². The summed E-state index contributed by atoms with van der Waals surface area (Å²) in [5.74, 6) is 0.0149. The third kappa shape index (κ3) is 2.53. The van der Waals surface area contributed by atoms with E-state index < -0.39 is 5.91 Å². The van der Waals surface area contributed by atoms with E-state index in [-0.39, 0.29) is 5.56 Å². The van der Waals surface area contributed by atoms with Gasteiger partial charge in [-0.1, -0.05) is 30.3 Å². The summed E-state index contributed by atoms with van der Waals surface area (Å²) in [5, 5.41) is 0.546. The normalized spacial score (nSPS) is 10.7. The number of H-pyrrole nitrogens is 1. The van der Waals surface area contributed by atoms with E-state index in [9.17, 15) is 9.59 Å². The fraction of sp³-hybridized carbons (Fsp3) is 0.0625. The second kappa shape index (κ2) is 5.20. The SMILES string of the molecule is NC(=O)c1ccccc1Cc1nc2ccccc2c(=O)[nH]1. The number of nitrogens with two attached hydrogens (primary N) is 1. The lowest BCUT2D eigenvalue weighted by atomic mass is 10.0. The highest BCUT2D eigenvalue weighted by Crippen LogP contribution is 2.13. The van der Waals surface area contributed by atoms with Crippen LogP contribution in [0.25, 0.3) is 10.9 Å². The number of nitrogens with one attached hydrogen (secondary N) is 1. The Balaban J connectivity index is 2.07. The van der Waals surface area contributed by atoms with Gasteiger partial charge in [0.15, 0.2) is 0 Å². The van der Waals surface area contributed by atoms with Gasteiger partial charge in [-0.25, -0.2) is 4.98 Å². The zero-order valence-electron chi connectivity index (χ0n) is 11.2. The van der Waals surface area contributed by atoms with Crippen molar-refractivity contribution in [3.05, 3.63) is 75.8 Å². The lowest BCUT2D eigenvalue weighted by Gasteiger charge is -2.06. The molecule has 3 rings (SSSR count). The van der Waals surface area contributed by atoms with Crippen LogP contribution < -0.4 is 11.3 Å². The summed E-state index contributed by atoms with van der Waals surface area (Å²) in [6.07, 6.45) is 0.346. The second-order valence-electron chi connectivity index (χ2n) is 4.73. The van der Waals surface area contributed by atoms with Crippen LogP contribution in [-0.4, -0.2) is 15.9 Å². The van der Waals surface area contributed by atoms with Crippen LogP contribution in [-0.2, 0) is 6.42 Å². The van der Waals surface area contributed by atoms with Gasteiger partial charge in [0.25, 0.3) is 5.56 Å². The number of para-hydroxylation sites is 1. The molecule has 104 valence electrons. The first-order chi connectivity index (χ1) is 10.1. The highest BCUT2D eigenvalue weighted by Gasteiger charge is 2.10. The summed E-state index contributed by atoms with van der Waals surface area (Å²) < 4.78 is 0. The van der Waals surface area contributed by atoms with Crippen molar-refractivity contribution in [2.75, 3.05) is 0 Å². The molecule has 2 aromatic carbocycles. The summed E-state index contributed by atoms with van der Waals surface area (Å²) in [6.45, 7) is 0. The Labute approximate surface area is 120 Å². The number of fused-ring (bicyclic) bond motifs is 1. The average Bonchev–Trinajstić information content (AvgIpc) is 2.47. The van der Waals surface area contributed by atoms with Crippen molar-refractivity contribution in [1.82, 2.24) is 9.97 Å². The molecule has 1 heterocycles. The monoisotopic (exact) mass is 279 g/mol. The van der Waals surface area contributed by atoms with E-state index in [1.807, 2.05) is 12.1 Å². The minimum absolute atomic E-state index is 0.188. The molecule has 3 aromatic rings. The first kappa shape index (κ1) is 13.1. The maximum absolute atomic E-state index is 12.0. The quantitative estimate of drug-likeness (QED) is 0.763. The van der Waals surface area contributed by atoms with Gasteiger partial charge < -0.3 is 10.7 Å². The van der Waals surface area contributed by atoms with Crippen molar-refractivity contribution < 1.29 is 4.79 Å². The third-order valence-electron chi connectivity index (χ3n) is 3.30. The van der Waals surface area contributed by atoms with E-state index in [1.165, 1.54) is 0 Å². The molecule has 5 heteroatoms. The Morgan fingerprint density at radius 3 is 2.62 bits per heavy atom. The zero-order chi connectivity index (χ0) is 14.8. The second-order valence-corrected chi connectivity index (χ2v) is 4.73. The molecule has 0 atom stereocenters. The minimum atomic E-state index is -0.492. The Kier molecular flexibility index (Phi) is 3.23. The Hall–Kier alpha value is -2.95. The largest absolute Gasteiger partial charge is 0.366 e. The summed E-state index contributed by atoms with van der Waals surface area (Å²) >= 11 is 0. The van der Waals surface area contributed by atoms with Crippen LogP contribution in [0.1, 0.15) is 21.7 Å². The van der Waals surface area contributed by atoms with Gasteiger partial charge >= 0.3 is 0 Å². The fourth-order valence-corrected chi connectivity index (χ4v) is 2.31. The first-order valence-electron chi connectivity index (χ1n) is 6.51. The molecule has 3 N–H and O–H groups in total. The first-order valence-corrected chi connectivity index (χ1v) is 6.51. The summed E-state index contributed by atoms with van der Waals surface area (Å²) in [4.78, 5) is 30.6. The van der Waals surface area contributed by atoms with Crippen molar-refractivity contribution in [2.45, 2.75) is 6.42 Å². The number of hydrogen-bond acceptors (Lipinski definition) is 3. The number of carbonyl (C=O) groups is 1. The molecule has 0 radical (unpaired) electrons. The van der Waals surface area contributed by atoms with E-state index in [0.29, 0.717) is 28.7 Å². The minimum Gasteiger partial charge on any atom is -0.366 e. The van der Waals surface area contributed by atoms with E-state index in [1.54, 1.807) is 36.4 Å². The smallest absolute Gasteiger partial charge is 0.258 e. The zero-order valence-corrected chi connectivity index (χ0v) is 11.2. The number of rotatable bonds is 3. The molecule has 0 spiro atoms. The predicted octanol–water partition coefficient (Wildman–Crippen LogP) is 1.61. The van der Waals surface area contributed by atoms with Gasteiger partial charge in [0.05, 0.1) is 10.9 Å². The van der Waals surface area contributed by atoms with Gasteiger partial charge in [-0.05, 0) is 23.8 Å². The van der Waals surface area contributed by atoms with Crippen molar-refractivity contribution >= 4 is 16.8 Å². The van der Waals surface area contributed by atoms with Gasteiger partial charge in [0.2, 0.25) is 5.91 Å². The molecule has 5 nitrogen and oxygen atoms in total. The van der Waals surface area contributed by atoms with E-state index >= 15 is 0 Å². The number of benzene rings is 2. The molecule has 0 fully saturated rings. The average molecular weight is 279 g/mol. The number of nitrogens with zero attached hydrogens (tertiary/aromatic N) is 1. The molecule has 21 heavy (non-hydrogen) atoms. The maximum atomic E-state index is 12.0. The van der Waals surface area contributed by atoms with Crippen LogP contribution in [0.2, 0.25) is 0 Å². The molecule has 0 bridgehead atoms. The molecule has 0 aliphatic carbocycles. The lowest BCUT2D eigenvalue weighted by molar-refractivity contribution is 0.0999. The predicted molar refractivity (Wildman–Crippen MR) is 80.1 cm³/mol. The third-order valence-corrected chi connectivity index (χ3v) is 3.30. The Morgan fingerprint density at radius 2 is 1.81 bits per heavy atom. The fourth-order valence-electron chi connectivity index (χ4n) is 2.31. The van der Waals surface area contributed by atoms with Crippen LogP contribution >= 0.6 is 0 Å². The topological polar surface area (TPSA) is 88.8 Å². The van der Waals surface area contributed by atoms with Gasteiger partial charge in [-0.2, -0.15) is 0 Å². The molecule has 0 saturated carbocycles. The van der Waals surface area contributed by atoms with Crippen LogP contribution in [0.4, 0.5) is 0 Å². The van der Waals surface area contributed by atoms with Gasteiger partial charge in [-0.3, -0.25) is 9.59 Å². The number of aromatic nitrogens is 2. The van der Waals surface area contributed by atoms with Crippen molar-refractivity contribution in [3.8, 4) is 0 Å². The number of hydrogen-bond donors (Lipinski definition) is 2. The van der Waals surface area contributed by atoms with E-state index in [2.05, 4.69) is 9.97 Å². The molecular formula is C16H13N3O2. The Bertz CT molecular complexity index is 884. The molecule has 0 unspecified atom stereocenters. The lowest BCUT2D eigenvalue weighted by Crippen LogP contribution is -2.16. The number of primary amides is 1. The highest BCUT2D eigenvalue weighted by molar-refractivity contribution is 5.94. The summed E-state index contributed by atoms with van der Waals surface area (Å²) in [5.41, 5.74) is 6.98. The molecule has 1 aromatic heterocycles. The van der Waals surface area contributed by atoms with Gasteiger partial charge in [0.1, 0.15) is 5.82 Å². The molecular weight excluding hydrogens is 266 g/mol. The highest BCUT2D eigenvalue weighted by atomic mass is 16.1. The molecule has 0 aliphatic rings.